The van der Waals surface area contributed by atoms with Crippen molar-refractivity contribution in [3.05, 3.63) is 24.0 Å². The smallest absolute Gasteiger partial charge is 0.168 e. The lowest BCUT2D eigenvalue weighted by Crippen LogP contribution is -2.34. The third-order valence-electron chi connectivity index (χ3n) is 2.83. The van der Waals surface area contributed by atoms with Gasteiger partial charge in [-0.3, -0.25) is 0 Å². The molecule has 100 valence electrons. The molecule has 0 saturated carbocycles. The number of alkyl halides is 1. The SMILES string of the molecule is FCCOc1ccc(OC2CCNCC2)c(F)c1. The molecule has 0 aliphatic carbocycles. The number of hydrogen-bond acceptors (Lipinski definition) is 3. The molecule has 0 spiro atoms. The van der Waals surface area contributed by atoms with E-state index in [0.29, 0.717) is 5.75 Å². The van der Waals surface area contributed by atoms with E-state index in [-0.39, 0.29) is 18.5 Å². The van der Waals surface area contributed by atoms with Crippen molar-refractivity contribution >= 4 is 0 Å². The fourth-order valence-electron chi connectivity index (χ4n) is 1.92. The first kappa shape index (κ1) is 13.1. The maximum atomic E-state index is 13.7. The Hall–Kier alpha value is -1.36. The van der Waals surface area contributed by atoms with Crippen LogP contribution in [0.1, 0.15) is 12.8 Å². The molecule has 0 amide bonds. The molecule has 1 saturated heterocycles. The lowest BCUT2D eigenvalue weighted by Gasteiger charge is -2.24. The summed E-state index contributed by atoms with van der Waals surface area (Å²) in [5.41, 5.74) is 0. The van der Waals surface area contributed by atoms with Gasteiger partial charge in [-0.2, -0.15) is 0 Å². The van der Waals surface area contributed by atoms with Crippen molar-refractivity contribution in [3.63, 3.8) is 0 Å². The van der Waals surface area contributed by atoms with Crippen molar-refractivity contribution in [1.82, 2.24) is 5.32 Å². The molecule has 0 aromatic heterocycles. The fraction of sp³-hybridized carbons (Fsp3) is 0.538. The standard InChI is InChI=1S/C13H17F2NO2/c14-5-8-17-11-1-2-13(12(15)9-11)18-10-3-6-16-7-4-10/h1-2,9-10,16H,3-8H2. The molecule has 0 radical (unpaired) electrons. The van der Waals surface area contributed by atoms with E-state index in [4.69, 9.17) is 9.47 Å². The van der Waals surface area contributed by atoms with Gasteiger partial charge in [-0.25, -0.2) is 8.78 Å². The highest BCUT2D eigenvalue weighted by Gasteiger charge is 2.16. The van der Waals surface area contributed by atoms with Crippen LogP contribution in [0.25, 0.3) is 0 Å². The summed E-state index contributed by atoms with van der Waals surface area (Å²) in [6.07, 6.45) is 1.80. The summed E-state index contributed by atoms with van der Waals surface area (Å²) >= 11 is 0. The van der Waals surface area contributed by atoms with Gasteiger partial charge in [0, 0.05) is 6.07 Å². The Labute approximate surface area is 105 Å². The third-order valence-corrected chi connectivity index (χ3v) is 2.83. The molecular formula is C13H17F2NO2. The number of rotatable bonds is 5. The van der Waals surface area contributed by atoms with Gasteiger partial charge in [0.1, 0.15) is 25.1 Å². The topological polar surface area (TPSA) is 30.5 Å². The second-order valence-corrected chi connectivity index (χ2v) is 4.20. The molecular weight excluding hydrogens is 240 g/mol. The van der Waals surface area contributed by atoms with Crippen molar-refractivity contribution in [3.8, 4) is 11.5 Å². The zero-order valence-electron chi connectivity index (χ0n) is 10.1. The normalized spacial score (nSPS) is 16.6. The largest absolute Gasteiger partial charge is 0.491 e. The van der Waals surface area contributed by atoms with Crippen LogP contribution in [-0.2, 0) is 0 Å². The van der Waals surface area contributed by atoms with E-state index in [9.17, 15) is 8.78 Å². The molecule has 1 fully saturated rings. The highest BCUT2D eigenvalue weighted by Crippen LogP contribution is 2.25. The van der Waals surface area contributed by atoms with E-state index in [2.05, 4.69) is 5.32 Å². The minimum absolute atomic E-state index is 0.0540. The number of benzene rings is 1. The minimum Gasteiger partial charge on any atom is -0.491 e. The van der Waals surface area contributed by atoms with Gasteiger partial charge in [-0.15, -0.1) is 0 Å². The van der Waals surface area contributed by atoms with Crippen molar-refractivity contribution < 1.29 is 18.3 Å². The van der Waals surface area contributed by atoms with Crippen molar-refractivity contribution in [2.75, 3.05) is 26.4 Å². The Morgan fingerprint density at radius 3 is 2.72 bits per heavy atom. The van der Waals surface area contributed by atoms with E-state index in [0.717, 1.165) is 25.9 Å². The Bertz CT molecular complexity index is 381. The third kappa shape index (κ3) is 3.57. The average molecular weight is 257 g/mol. The van der Waals surface area contributed by atoms with Gasteiger partial charge in [0.05, 0.1) is 0 Å². The quantitative estimate of drug-likeness (QED) is 0.878. The first-order valence-electron chi connectivity index (χ1n) is 6.15. The molecule has 3 nitrogen and oxygen atoms in total. The Balaban J connectivity index is 1.95. The van der Waals surface area contributed by atoms with E-state index >= 15 is 0 Å². The second-order valence-electron chi connectivity index (χ2n) is 4.20. The van der Waals surface area contributed by atoms with Gasteiger partial charge in [0.25, 0.3) is 0 Å². The van der Waals surface area contributed by atoms with Crippen molar-refractivity contribution in [2.24, 2.45) is 0 Å². The highest BCUT2D eigenvalue weighted by atomic mass is 19.1. The van der Waals surface area contributed by atoms with Crippen LogP contribution < -0.4 is 14.8 Å². The van der Waals surface area contributed by atoms with E-state index < -0.39 is 12.5 Å². The highest BCUT2D eigenvalue weighted by molar-refractivity contribution is 5.33. The summed E-state index contributed by atoms with van der Waals surface area (Å²) in [7, 11) is 0. The monoisotopic (exact) mass is 257 g/mol. The van der Waals surface area contributed by atoms with Gasteiger partial charge < -0.3 is 14.8 Å². The average Bonchev–Trinajstić information content (AvgIpc) is 2.40. The lowest BCUT2D eigenvalue weighted by molar-refractivity contribution is 0.155. The number of halogens is 2. The van der Waals surface area contributed by atoms with Crippen LogP contribution in [0.2, 0.25) is 0 Å². The zero-order valence-corrected chi connectivity index (χ0v) is 10.1. The Morgan fingerprint density at radius 1 is 1.28 bits per heavy atom. The predicted molar refractivity (Wildman–Crippen MR) is 64.4 cm³/mol. The number of piperidine rings is 1. The molecule has 1 N–H and O–H groups in total. The molecule has 0 unspecified atom stereocenters. The van der Waals surface area contributed by atoms with E-state index in [1.165, 1.54) is 12.1 Å². The summed E-state index contributed by atoms with van der Waals surface area (Å²) in [5, 5.41) is 3.22. The first-order valence-corrected chi connectivity index (χ1v) is 6.15. The fourth-order valence-corrected chi connectivity index (χ4v) is 1.92. The number of nitrogens with one attached hydrogen (secondary N) is 1. The van der Waals surface area contributed by atoms with Crippen molar-refractivity contribution in [2.45, 2.75) is 18.9 Å². The van der Waals surface area contributed by atoms with Gasteiger partial charge in [-0.1, -0.05) is 0 Å². The molecule has 1 aromatic carbocycles. The molecule has 1 aliphatic rings. The molecule has 0 atom stereocenters. The number of hydrogen-bond donors (Lipinski definition) is 1. The van der Waals surface area contributed by atoms with Gasteiger partial charge in [0.15, 0.2) is 11.6 Å². The van der Waals surface area contributed by atoms with Crippen LogP contribution in [0.15, 0.2) is 18.2 Å². The van der Waals surface area contributed by atoms with Crippen molar-refractivity contribution in [1.29, 1.82) is 0 Å². The maximum Gasteiger partial charge on any atom is 0.168 e. The van der Waals surface area contributed by atoms with Crippen LogP contribution in [-0.4, -0.2) is 32.5 Å². The molecule has 2 rings (SSSR count). The van der Waals surface area contributed by atoms with Crippen LogP contribution >= 0.6 is 0 Å². The molecule has 5 heteroatoms. The van der Waals surface area contributed by atoms with E-state index in [1.54, 1.807) is 6.07 Å². The molecule has 0 bridgehead atoms. The second kappa shape index (κ2) is 6.54. The predicted octanol–water partition coefficient (Wildman–Crippen LogP) is 2.30. The molecule has 1 aliphatic heterocycles. The summed E-state index contributed by atoms with van der Waals surface area (Å²) < 4.78 is 36.2. The summed E-state index contributed by atoms with van der Waals surface area (Å²) in [4.78, 5) is 0. The molecule has 18 heavy (non-hydrogen) atoms. The summed E-state index contributed by atoms with van der Waals surface area (Å²) in [6.45, 7) is 1.14. The number of ether oxygens (including phenoxy) is 2. The van der Waals surface area contributed by atoms with Gasteiger partial charge in [0.2, 0.25) is 0 Å². The van der Waals surface area contributed by atoms with Crippen LogP contribution in [0.3, 0.4) is 0 Å². The van der Waals surface area contributed by atoms with E-state index in [1.807, 2.05) is 0 Å². The van der Waals surface area contributed by atoms with Gasteiger partial charge in [-0.05, 0) is 38.1 Å². The maximum absolute atomic E-state index is 13.7. The zero-order chi connectivity index (χ0) is 12.8. The molecule has 1 aromatic rings. The van der Waals surface area contributed by atoms with Gasteiger partial charge >= 0.3 is 0 Å². The van der Waals surface area contributed by atoms with Crippen LogP contribution in [0.4, 0.5) is 8.78 Å². The van der Waals surface area contributed by atoms with Crippen LogP contribution in [0, 0.1) is 5.82 Å². The Kier molecular flexibility index (Phi) is 4.75. The summed E-state index contributed by atoms with van der Waals surface area (Å²) in [6, 6.07) is 4.35. The first-order chi connectivity index (χ1) is 8.79. The summed E-state index contributed by atoms with van der Waals surface area (Å²) in [5.74, 6) is 0.0854. The minimum atomic E-state index is -0.588. The van der Waals surface area contributed by atoms with Crippen LogP contribution in [0.5, 0.6) is 11.5 Å². The Morgan fingerprint density at radius 2 is 2.06 bits per heavy atom. The lowest BCUT2D eigenvalue weighted by atomic mass is 10.1. The molecule has 1 heterocycles.